The molecule has 1 aromatic heterocycles. The highest BCUT2D eigenvalue weighted by molar-refractivity contribution is 6.45. The Morgan fingerprint density at radius 2 is 1.72 bits per heavy atom. The Bertz CT molecular complexity index is 778. The van der Waals surface area contributed by atoms with Crippen molar-refractivity contribution in [1.29, 1.82) is 0 Å². The summed E-state index contributed by atoms with van der Waals surface area (Å²) in [5.41, 5.74) is 3.94. The first-order valence-electron chi connectivity index (χ1n) is 9.68. The quantitative estimate of drug-likeness (QED) is 0.776. The molecule has 1 aliphatic heterocycles. The first-order valence-corrected chi connectivity index (χ1v) is 9.68. The maximum absolute atomic E-state index is 6.21. The molecule has 1 N–H and O–H groups in total. The smallest absolute Gasteiger partial charge is 0.403 e. The number of aromatic nitrogens is 1. The van der Waals surface area contributed by atoms with E-state index in [0.29, 0.717) is 0 Å². The molecule has 2 heterocycles. The second-order valence-electron chi connectivity index (χ2n) is 9.16. The SMILES string of the molecule is CC1(C)OB(CC[C@]2(C)CCCc3c2[nH]c2ccccc32)OC1(C)C. The van der Waals surface area contributed by atoms with Gasteiger partial charge in [0.1, 0.15) is 0 Å². The van der Waals surface area contributed by atoms with E-state index < -0.39 is 0 Å². The number of fused-ring (bicyclic) bond motifs is 3. The minimum Gasteiger partial charge on any atom is -0.403 e. The first kappa shape index (κ1) is 17.2. The average Bonchev–Trinajstić information content (AvgIpc) is 3.02. The van der Waals surface area contributed by atoms with Crippen LogP contribution in [0.3, 0.4) is 0 Å². The van der Waals surface area contributed by atoms with Gasteiger partial charge in [0, 0.05) is 22.0 Å². The van der Waals surface area contributed by atoms with Crippen LogP contribution in [0, 0.1) is 0 Å². The van der Waals surface area contributed by atoms with Crippen molar-refractivity contribution in [2.75, 3.05) is 0 Å². The molecule has 134 valence electrons. The highest BCUT2D eigenvalue weighted by Gasteiger charge is 2.51. The number of hydrogen-bond acceptors (Lipinski definition) is 2. The second kappa shape index (κ2) is 5.62. The molecule has 1 atom stereocenters. The average molecular weight is 339 g/mol. The summed E-state index contributed by atoms with van der Waals surface area (Å²) in [6, 6.07) is 8.71. The van der Waals surface area contributed by atoms with E-state index in [1.807, 2.05) is 0 Å². The number of H-pyrrole nitrogens is 1. The summed E-state index contributed by atoms with van der Waals surface area (Å²) in [6.45, 7) is 10.9. The van der Waals surface area contributed by atoms with Gasteiger partial charge < -0.3 is 14.3 Å². The Hall–Kier alpha value is -1.26. The van der Waals surface area contributed by atoms with Gasteiger partial charge >= 0.3 is 7.12 Å². The topological polar surface area (TPSA) is 34.2 Å². The summed E-state index contributed by atoms with van der Waals surface area (Å²) < 4.78 is 12.4. The van der Waals surface area contributed by atoms with E-state index in [4.69, 9.17) is 9.31 Å². The fourth-order valence-corrected chi connectivity index (χ4v) is 4.52. The molecular formula is C21H30BNO2. The van der Waals surface area contributed by atoms with Crippen LogP contribution in [0.5, 0.6) is 0 Å². The first-order chi connectivity index (χ1) is 11.7. The number of aryl methyl sites for hydroxylation is 1. The van der Waals surface area contributed by atoms with Crippen LogP contribution in [0.1, 0.15) is 65.1 Å². The molecule has 4 heteroatoms. The van der Waals surface area contributed by atoms with E-state index >= 15 is 0 Å². The van der Waals surface area contributed by atoms with Crippen molar-refractivity contribution < 1.29 is 9.31 Å². The highest BCUT2D eigenvalue weighted by Crippen LogP contribution is 2.45. The van der Waals surface area contributed by atoms with E-state index in [-0.39, 0.29) is 23.7 Å². The lowest BCUT2D eigenvalue weighted by atomic mass is 9.67. The molecule has 2 aliphatic rings. The summed E-state index contributed by atoms with van der Waals surface area (Å²) in [5, 5.41) is 1.40. The minimum atomic E-state index is -0.239. The van der Waals surface area contributed by atoms with Crippen LogP contribution in [0.25, 0.3) is 10.9 Å². The standard InChI is InChI=1S/C21H30BNO2/c1-19(2)20(3,4)25-22(24-19)14-13-21(5)12-8-10-16-15-9-6-7-11-17(15)23-18(16)21/h6-7,9,11,23H,8,10,12-14H2,1-5H3/t21-/m0/s1. The molecule has 25 heavy (non-hydrogen) atoms. The molecule has 1 aliphatic carbocycles. The van der Waals surface area contributed by atoms with Crippen LogP contribution < -0.4 is 0 Å². The summed E-state index contributed by atoms with van der Waals surface area (Å²) in [5.74, 6) is 0. The van der Waals surface area contributed by atoms with E-state index in [0.717, 1.165) is 12.7 Å². The van der Waals surface area contributed by atoms with Gasteiger partial charge in [0.2, 0.25) is 0 Å². The second-order valence-corrected chi connectivity index (χ2v) is 9.16. The molecule has 0 spiro atoms. The van der Waals surface area contributed by atoms with Crippen molar-refractivity contribution in [3.63, 3.8) is 0 Å². The Morgan fingerprint density at radius 1 is 1.04 bits per heavy atom. The van der Waals surface area contributed by atoms with E-state index in [1.165, 1.54) is 41.4 Å². The molecule has 2 aromatic rings. The number of nitrogens with one attached hydrogen (secondary N) is 1. The van der Waals surface area contributed by atoms with Crippen LogP contribution in [-0.4, -0.2) is 23.3 Å². The highest BCUT2D eigenvalue weighted by atomic mass is 16.7. The molecule has 1 fully saturated rings. The van der Waals surface area contributed by atoms with E-state index in [2.05, 4.69) is 63.9 Å². The van der Waals surface area contributed by atoms with Crippen molar-refractivity contribution >= 4 is 18.0 Å². The fraction of sp³-hybridized carbons (Fsp3) is 0.619. The molecule has 4 rings (SSSR count). The van der Waals surface area contributed by atoms with Gasteiger partial charge in [0.15, 0.2) is 0 Å². The summed E-state index contributed by atoms with van der Waals surface area (Å²) in [7, 11) is -0.100. The normalized spacial score (nSPS) is 27.6. The predicted octanol–water partition coefficient (Wildman–Crippen LogP) is 5.24. The summed E-state index contributed by atoms with van der Waals surface area (Å²) in [6.07, 6.45) is 5.70. The van der Waals surface area contributed by atoms with Crippen molar-refractivity contribution in [2.24, 2.45) is 0 Å². The van der Waals surface area contributed by atoms with Crippen LogP contribution in [0.15, 0.2) is 24.3 Å². The third-order valence-electron chi connectivity index (χ3n) is 6.81. The number of para-hydroxylation sites is 1. The van der Waals surface area contributed by atoms with Gasteiger partial charge in [-0.15, -0.1) is 0 Å². The lowest BCUT2D eigenvalue weighted by Gasteiger charge is -2.34. The predicted molar refractivity (Wildman–Crippen MR) is 104 cm³/mol. The molecular weight excluding hydrogens is 309 g/mol. The molecule has 0 radical (unpaired) electrons. The van der Waals surface area contributed by atoms with Gasteiger partial charge in [0.25, 0.3) is 0 Å². The zero-order valence-corrected chi connectivity index (χ0v) is 16.2. The summed E-state index contributed by atoms with van der Waals surface area (Å²) in [4.78, 5) is 3.73. The largest absolute Gasteiger partial charge is 0.457 e. The molecule has 0 amide bonds. The molecule has 0 unspecified atom stereocenters. The van der Waals surface area contributed by atoms with Crippen LogP contribution in [0.4, 0.5) is 0 Å². The zero-order chi connectivity index (χ0) is 17.9. The van der Waals surface area contributed by atoms with Crippen LogP contribution in [-0.2, 0) is 21.1 Å². The van der Waals surface area contributed by atoms with Gasteiger partial charge in [-0.1, -0.05) is 25.1 Å². The Labute approximate surface area is 151 Å². The number of aromatic amines is 1. The van der Waals surface area contributed by atoms with Crippen molar-refractivity contribution in [2.45, 2.75) is 83.2 Å². The van der Waals surface area contributed by atoms with E-state index in [9.17, 15) is 0 Å². The molecule has 0 saturated carbocycles. The van der Waals surface area contributed by atoms with Crippen LogP contribution >= 0.6 is 0 Å². The Balaban J connectivity index is 1.56. The van der Waals surface area contributed by atoms with Gasteiger partial charge in [-0.05, 0) is 71.3 Å². The van der Waals surface area contributed by atoms with Gasteiger partial charge in [0.05, 0.1) is 11.2 Å². The number of benzene rings is 1. The lowest BCUT2D eigenvalue weighted by Crippen LogP contribution is -2.41. The van der Waals surface area contributed by atoms with E-state index in [1.54, 1.807) is 0 Å². The lowest BCUT2D eigenvalue weighted by molar-refractivity contribution is 0.00578. The number of rotatable bonds is 3. The third-order valence-corrected chi connectivity index (χ3v) is 6.81. The fourth-order valence-electron chi connectivity index (χ4n) is 4.52. The van der Waals surface area contributed by atoms with Crippen molar-refractivity contribution in [1.82, 2.24) is 4.98 Å². The molecule has 0 bridgehead atoms. The Kier molecular flexibility index (Phi) is 3.86. The van der Waals surface area contributed by atoms with Crippen LogP contribution in [0.2, 0.25) is 6.32 Å². The summed E-state index contributed by atoms with van der Waals surface area (Å²) >= 11 is 0. The van der Waals surface area contributed by atoms with Crippen molar-refractivity contribution in [3.05, 3.63) is 35.5 Å². The molecule has 1 saturated heterocycles. The minimum absolute atomic E-state index is 0.100. The molecule has 1 aromatic carbocycles. The molecule has 3 nitrogen and oxygen atoms in total. The maximum Gasteiger partial charge on any atom is 0.457 e. The zero-order valence-electron chi connectivity index (χ0n) is 16.2. The third kappa shape index (κ3) is 2.74. The Morgan fingerprint density at radius 3 is 2.44 bits per heavy atom. The van der Waals surface area contributed by atoms with Gasteiger partial charge in [-0.2, -0.15) is 0 Å². The maximum atomic E-state index is 6.21. The van der Waals surface area contributed by atoms with Crippen molar-refractivity contribution in [3.8, 4) is 0 Å². The van der Waals surface area contributed by atoms with Gasteiger partial charge in [-0.3, -0.25) is 0 Å². The number of hydrogen-bond donors (Lipinski definition) is 1. The van der Waals surface area contributed by atoms with Gasteiger partial charge in [-0.25, -0.2) is 0 Å². The monoisotopic (exact) mass is 339 g/mol.